The minimum atomic E-state index is 0.634. The summed E-state index contributed by atoms with van der Waals surface area (Å²) in [5.41, 5.74) is 0.634. The second kappa shape index (κ2) is 5.14. The second-order valence-corrected chi connectivity index (χ2v) is 8.71. The summed E-state index contributed by atoms with van der Waals surface area (Å²) in [6, 6.07) is 5.26. The first-order chi connectivity index (χ1) is 9.77. The smallest absolute Gasteiger partial charge is 0.0172 e. The summed E-state index contributed by atoms with van der Waals surface area (Å²) in [5, 5.41) is 6.12. The van der Waals surface area contributed by atoms with Crippen LogP contribution in [0.1, 0.15) is 50.3 Å². The summed E-state index contributed by atoms with van der Waals surface area (Å²) in [6.07, 6.45) is 10.5. The molecule has 4 saturated carbocycles. The van der Waals surface area contributed by atoms with Crippen molar-refractivity contribution in [2.24, 2.45) is 23.2 Å². The topological polar surface area (TPSA) is 12.0 Å². The SMILES string of the molecule is CCNC(Cc1cccs1)C12CC3CC(CC(C3)C1)C2. The van der Waals surface area contributed by atoms with E-state index in [9.17, 15) is 0 Å². The molecule has 1 N–H and O–H groups in total. The molecule has 0 aromatic carbocycles. The van der Waals surface area contributed by atoms with Gasteiger partial charge in [-0.1, -0.05) is 13.0 Å². The number of thiophene rings is 1. The molecule has 1 aromatic rings. The third-order valence-corrected chi connectivity index (χ3v) is 7.16. The fourth-order valence-electron chi connectivity index (χ4n) is 5.99. The lowest BCUT2D eigenvalue weighted by Gasteiger charge is -2.59. The monoisotopic (exact) mass is 289 g/mol. The van der Waals surface area contributed by atoms with E-state index in [0.717, 1.165) is 30.3 Å². The summed E-state index contributed by atoms with van der Waals surface area (Å²) in [4.78, 5) is 1.58. The Kier molecular flexibility index (Phi) is 3.42. The first kappa shape index (κ1) is 13.3. The van der Waals surface area contributed by atoms with E-state index >= 15 is 0 Å². The van der Waals surface area contributed by atoms with Gasteiger partial charge in [-0.05, 0) is 86.1 Å². The van der Waals surface area contributed by atoms with Crippen LogP contribution in [0, 0.1) is 23.2 Å². The molecule has 0 spiro atoms. The lowest BCUT2D eigenvalue weighted by Crippen LogP contribution is -2.56. The Morgan fingerprint density at radius 1 is 1.20 bits per heavy atom. The predicted molar refractivity (Wildman–Crippen MR) is 86.1 cm³/mol. The zero-order valence-corrected chi connectivity index (χ0v) is 13.4. The van der Waals surface area contributed by atoms with Crippen LogP contribution in [0.5, 0.6) is 0 Å². The van der Waals surface area contributed by atoms with Crippen molar-refractivity contribution in [3.63, 3.8) is 0 Å². The highest BCUT2D eigenvalue weighted by molar-refractivity contribution is 7.09. The van der Waals surface area contributed by atoms with Crippen molar-refractivity contribution in [1.29, 1.82) is 0 Å². The van der Waals surface area contributed by atoms with E-state index in [4.69, 9.17) is 0 Å². The number of likely N-dealkylation sites (N-methyl/N-ethyl adjacent to an activating group) is 1. The molecule has 4 aliphatic carbocycles. The van der Waals surface area contributed by atoms with Crippen LogP contribution in [-0.2, 0) is 6.42 Å². The van der Waals surface area contributed by atoms with E-state index in [-0.39, 0.29) is 0 Å². The normalized spacial score (nSPS) is 40.1. The van der Waals surface area contributed by atoms with Crippen molar-refractivity contribution in [3.05, 3.63) is 22.4 Å². The zero-order chi connectivity index (χ0) is 13.6. The van der Waals surface area contributed by atoms with Gasteiger partial charge in [0.1, 0.15) is 0 Å². The number of hydrogen-bond donors (Lipinski definition) is 1. The highest BCUT2D eigenvalue weighted by atomic mass is 32.1. The molecule has 1 heterocycles. The molecule has 0 aliphatic heterocycles. The van der Waals surface area contributed by atoms with Gasteiger partial charge in [-0.15, -0.1) is 11.3 Å². The molecule has 0 amide bonds. The van der Waals surface area contributed by atoms with Gasteiger partial charge in [-0.25, -0.2) is 0 Å². The molecule has 1 atom stereocenters. The Morgan fingerprint density at radius 2 is 1.85 bits per heavy atom. The van der Waals surface area contributed by atoms with Crippen molar-refractivity contribution in [2.45, 2.75) is 57.9 Å². The average molecular weight is 289 g/mol. The molecule has 110 valence electrons. The fourth-order valence-corrected chi connectivity index (χ4v) is 6.74. The number of hydrogen-bond acceptors (Lipinski definition) is 2. The van der Waals surface area contributed by atoms with Gasteiger partial charge >= 0.3 is 0 Å². The van der Waals surface area contributed by atoms with Crippen LogP contribution in [0.2, 0.25) is 0 Å². The zero-order valence-electron chi connectivity index (χ0n) is 12.6. The Hall–Kier alpha value is -0.340. The van der Waals surface area contributed by atoms with Crippen molar-refractivity contribution < 1.29 is 0 Å². The highest BCUT2D eigenvalue weighted by Crippen LogP contribution is 2.61. The summed E-state index contributed by atoms with van der Waals surface area (Å²) in [6.45, 7) is 3.40. The van der Waals surface area contributed by atoms with Gasteiger partial charge in [-0.3, -0.25) is 0 Å². The quantitative estimate of drug-likeness (QED) is 0.842. The van der Waals surface area contributed by atoms with Gasteiger partial charge < -0.3 is 5.32 Å². The average Bonchev–Trinajstić information content (AvgIpc) is 2.89. The van der Waals surface area contributed by atoms with Crippen LogP contribution < -0.4 is 5.32 Å². The predicted octanol–water partition coefficient (Wildman–Crippen LogP) is 4.49. The third kappa shape index (κ3) is 2.25. The van der Waals surface area contributed by atoms with Crippen LogP contribution in [0.15, 0.2) is 17.5 Å². The Labute approximate surface area is 127 Å². The van der Waals surface area contributed by atoms with E-state index in [2.05, 4.69) is 29.8 Å². The maximum atomic E-state index is 3.88. The second-order valence-electron chi connectivity index (χ2n) is 7.67. The number of nitrogens with one attached hydrogen (secondary N) is 1. The highest BCUT2D eigenvalue weighted by Gasteiger charge is 2.53. The van der Waals surface area contributed by atoms with Crippen LogP contribution >= 0.6 is 11.3 Å². The van der Waals surface area contributed by atoms with E-state index in [1.807, 2.05) is 11.3 Å². The van der Waals surface area contributed by atoms with Crippen molar-refractivity contribution in [3.8, 4) is 0 Å². The largest absolute Gasteiger partial charge is 0.313 e. The summed E-state index contributed by atoms with van der Waals surface area (Å²) in [5.74, 6) is 3.18. The Morgan fingerprint density at radius 3 is 2.35 bits per heavy atom. The van der Waals surface area contributed by atoms with Crippen molar-refractivity contribution in [2.75, 3.05) is 6.54 Å². The molecule has 4 fully saturated rings. The van der Waals surface area contributed by atoms with Gasteiger partial charge in [0.05, 0.1) is 0 Å². The van der Waals surface area contributed by atoms with Crippen LogP contribution in [0.3, 0.4) is 0 Å². The number of rotatable bonds is 5. The molecule has 0 radical (unpaired) electrons. The molecule has 0 saturated heterocycles. The van der Waals surface area contributed by atoms with E-state index < -0.39 is 0 Å². The van der Waals surface area contributed by atoms with Crippen LogP contribution in [0.25, 0.3) is 0 Å². The maximum Gasteiger partial charge on any atom is 0.0172 e. The summed E-state index contributed by atoms with van der Waals surface area (Å²) < 4.78 is 0. The maximum absolute atomic E-state index is 3.88. The Balaban J connectivity index is 1.58. The van der Waals surface area contributed by atoms with E-state index in [1.54, 1.807) is 24.1 Å². The summed E-state index contributed by atoms with van der Waals surface area (Å²) >= 11 is 1.94. The molecular weight excluding hydrogens is 262 g/mol. The molecule has 1 aromatic heterocycles. The van der Waals surface area contributed by atoms with Gasteiger partial charge in [0.2, 0.25) is 0 Å². The van der Waals surface area contributed by atoms with Crippen molar-refractivity contribution >= 4 is 11.3 Å². The molecule has 5 rings (SSSR count). The molecule has 4 bridgehead atoms. The van der Waals surface area contributed by atoms with Crippen molar-refractivity contribution in [1.82, 2.24) is 5.32 Å². The van der Waals surface area contributed by atoms with Gasteiger partial charge in [0.15, 0.2) is 0 Å². The van der Waals surface area contributed by atoms with Crippen LogP contribution in [0.4, 0.5) is 0 Å². The molecule has 20 heavy (non-hydrogen) atoms. The van der Waals surface area contributed by atoms with E-state index in [1.165, 1.54) is 25.7 Å². The van der Waals surface area contributed by atoms with Gasteiger partial charge in [0.25, 0.3) is 0 Å². The summed E-state index contributed by atoms with van der Waals surface area (Å²) in [7, 11) is 0. The third-order valence-electron chi connectivity index (χ3n) is 6.26. The van der Waals surface area contributed by atoms with Crippen LogP contribution in [-0.4, -0.2) is 12.6 Å². The van der Waals surface area contributed by atoms with E-state index in [0.29, 0.717) is 5.41 Å². The van der Waals surface area contributed by atoms with Gasteiger partial charge in [0, 0.05) is 10.9 Å². The van der Waals surface area contributed by atoms with Gasteiger partial charge in [-0.2, -0.15) is 0 Å². The molecule has 4 aliphatic rings. The first-order valence-electron chi connectivity index (χ1n) is 8.53. The lowest BCUT2D eigenvalue weighted by molar-refractivity contribution is -0.0732. The standard InChI is InChI=1S/C18H27NS/c1-2-19-17(9-16-4-3-5-20-16)18-10-13-6-14(11-18)8-15(7-13)12-18/h3-5,13-15,17,19H,2,6-12H2,1H3. The molecule has 1 unspecified atom stereocenters. The first-order valence-corrected chi connectivity index (χ1v) is 9.41. The lowest BCUT2D eigenvalue weighted by atomic mass is 9.47. The molecule has 1 nitrogen and oxygen atoms in total. The Bertz CT molecular complexity index is 415. The minimum Gasteiger partial charge on any atom is -0.313 e. The molecular formula is C18H27NS. The fraction of sp³-hybridized carbons (Fsp3) is 0.778. The molecule has 2 heteroatoms. The minimum absolute atomic E-state index is 0.634.